The standard InChI is InChI=1S/C18H27N5O2.ClH/c1-3-14(12-22-8-6-5-7-9-22)23-13-19-11-16(23)15-10-20-21-17(15)18(24)25-4-2;/h10-11,13-14H,3-9,12H2,1-2H3,(H,20,21);1H. The Bertz CT molecular complexity index is 693. The van der Waals surface area contributed by atoms with Crippen molar-refractivity contribution < 1.29 is 9.53 Å². The SMILES string of the molecule is CCOC(=O)c1[nH]ncc1-c1cncn1C(CC)CN1CCCCC1.Cl. The number of nitrogens with one attached hydrogen (secondary N) is 1. The van der Waals surface area contributed by atoms with Gasteiger partial charge in [0.2, 0.25) is 0 Å². The molecule has 0 radical (unpaired) electrons. The van der Waals surface area contributed by atoms with Crippen molar-refractivity contribution >= 4 is 18.4 Å². The first-order valence-corrected chi connectivity index (χ1v) is 9.19. The van der Waals surface area contributed by atoms with E-state index in [2.05, 4.69) is 31.6 Å². The number of ether oxygens (including phenoxy) is 1. The number of rotatable bonds is 7. The fraction of sp³-hybridized carbons (Fsp3) is 0.611. The van der Waals surface area contributed by atoms with Crippen LogP contribution >= 0.6 is 12.4 Å². The van der Waals surface area contributed by atoms with Gasteiger partial charge in [0.1, 0.15) is 0 Å². The van der Waals surface area contributed by atoms with Crippen LogP contribution in [0.5, 0.6) is 0 Å². The van der Waals surface area contributed by atoms with Crippen LogP contribution in [0, 0.1) is 0 Å². The lowest BCUT2D eigenvalue weighted by atomic mass is 10.1. The van der Waals surface area contributed by atoms with Gasteiger partial charge >= 0.3 is 5.97 Å². The summed E-state index contributed by atoms with van der Waals surface area (Å²) in [5, 5.41) is 6.81. The fourth-order valence-corrected chi connectivity index (χ4v) is 3.50. The van der Waals surface area contributed by atoms with Gasteiger partial charge in [0.15, 0.2) is 5.69 Å². The van der Waals surface area contributed by atoms with Crippen LogP contribution in [0.1, 0.15) is 56.1 Å². The smallest absolute Gasteiger partial charge is 0.357 e. The molecule has 144 valence electrons. The molecule has 1 fully saturated rings. The number of likely N-dealkylation sites (tertiary alicyclic amines) is 1. The average molecular weight is 382 g/mol. The molecule has 1 saturated heterocycles. The van der Waals surface area contributed by atoms with Crippen molar-refractivity contribution in [2.75, 3.05) is 26.2 Å². The first kappa shape index (κ1) is 20.5. The summed E-state index contributed by atoms with van der Waals surface area (Å²) in [5.41, 5.74) is 2.03. The fourth-order valence-electron chi connectivity index (χ4n) is 3.50. The number of imidazole rings is 1. The molecule has 0 bridgehead atoms. The summed E-state index contributed by atoms with van der Waals surface area (Å²) >= 11 is 0. The van der Waals surface area contributed by atoms with Crippen molar-refractivity contribution in [2.24, 2.45) is 0 Å². The maximum atomic E-state index is 12.2. The lowest BCUT2D eigenvalue weighted by molar-refractivity contribution is 0.0520. The molecule has 26 heavy (non-hydrogen) atoms. The number of H-pyrrole nitrogens is 1. The van der Waals surface area contributed by atoms with E-state index in [4.69, 9.17) is 4.74 Å². The van der Waals surface area contributed by atoms with Crippen molar-refractivity contribution in [3.63, 3.8) is 0 Å². The second kappa shape index (κ2) is 9.73. The van der Waals surface area contributed by atoms with E-state index in [-0.39, 0.29) is 18.4 Å². The van der Waals surface area contributed by atoms with E-state index in [1.165, 1.54) is 32.4 Å². The molecule has 1 aliphatic heterocycles. The summed E-state index contributed by atoms with van der Waals surface area (Å²) in [6.07, 6.45) is 10.2. The number of hydrogen-bond donors (Lipinski definition) is 1. The van der Waals surface area contributed by atoms with Gasteiger partial charge in [-0.2, -0.15) is 5.10 Å². The Labute approximate surface area is 160 Å². The maximum Gasteiger partial charge on any atom is 0.357 e. The van der Waals surface area contributed by atoms with Gasteiger partial charge in [-0.25, -0.2) is 9.78 Å². The number of esters is 1. The molecule has 0 aliphatic carbocycles. The Kier molecular flexibility index (Phi) is 7.66. The second-order valence-electron chi connectivity index (χ2n) is 6.49. The zero-order valence-corrected chi connectivity index (χ0v) is 16.3. The largest absolute Gasteiger partial charge is 0.461 e. The molecule has 2 aromatic rings. The van der Waals surface area contributed by atoms with E-state index >= 15 is 0 Å². The minimum Gasteiger partial charge on any atom is -0.461 e. The van der Waals surface area contributed by atoms with Crippen molar-refractivity contribution in [3.05, 3.63) is 24.4 Å². The third-order valence-corrected chi connectivity index (χ3v) is 4.84. The van der Waals surface area contributed by atoms with Crippen molar-refractivity contribution in [2.45, 2.75) is 45.6 Å². The number of nitrogens with zero attached hydrogens (tertiary/aromatic N) is 4. The quantitative estimate of drug-likeness (QED) is 0.744. The molecule has 0 saturated carbocycles. The number of carbonyl (C=O) groups is 1. The predicted octanol–water partition coefficient (Wildman–Crippen LogP) is 3.31. The Morgan fingerprint density at radius 1 is 1.27 bits per heavy atom. The molecule has 1 atom stereocenters. The highest BCUT2D eigenvalue weighted by atomic mass is 35.5. The molecule has 0 amide bonds. The van der Waals surface area contributed by atoms with E-state index in [1.54, 1.807) is 19.3 Å². The van der Waals surface area contributed by atoms with Gasteiger partial charge in [-0.3, -0.25) is 5.10 Å². The Morgan fingerprint density at radius 3 is 2.73 bits per heavy atom. The minimum absolute atomic E-state index is 0. The monoisotopic (exact) mass is 381 g/mol. The van der Waals surface area contributed by atoms with E-state index in [1.807, 2.05) is 6.33 Å². The molecular weight excluding hydrogens is 354 g/mol. The van der Waals surface area contributed by atoms with Gasteiger partial charge in [0, 0.05) is 12.6 Å². The third-order valence-electron chi connectivity index (χ3n) is 4.84. The van der Waals surface area contributed by atoms with E-state index in [0.717, 1.165) is 24.2 Å². The molecule has 3 heterocycles. The molecule has 0 spiro atoms. The number of carbonyl (C=O) groups excluding carboxylic acids is 1. The lowest BCUT2D eigenvalue weighted by Crippen LogP contribution is -2.35. The van der Waals surface area contributed by atoms with Crippen LogP contribution < -0.4 is 0 Å². The summed E-state index contributed by atoms with van der Waals surface area (Å²) in [6.45, 7) is 7.67. The van der Waals surface area contributed by atoms with Crippen LogP contribution in [0.15, 0.2) is 18.7 Å². The molecule has 1 aliphatic rings. The summed E-state index contributed by atoms with van der Waals surface area (Å²) in [7, 11) is 0. The van der Waals surface area contributed by atoms with E-state index in [0.29, 0.717) is 18.3 Å². The van der Waals surface area contributed by atoms with Crippen LogP contribution in [0.25, 0.3) is 11.3 Å². The molecule has 8 heteroatoms. The molecule has 2 aromatic heterocycles. The molecule has 0 aromatic carbocycles. The number of piperidine rings is 1. The lowest BCUT2D eigenvalue weighted by Gasteiger charge is -2.31. The van der Waals surface area contributed by atoms with E-state index < -0.39 is 0 Å². The summed E-state index contributed by atoms with van der Waals surface area (Å²) in [5.74, 6) is -0.383. The Balaban J connectivity index is 0.00000243. The van der Waals surface area contributed by atoms with Crippen molar-refractivity contribution in [1.82, 2.24) is 24.6 Å². The van der Waals surface area contributed by atoms with Crippen LogP contribution in [-0.4, -0.2) is 56.9 Å². The number of halogens is 1. The minimum atomic E-state index is -0.383. The van der Waals surface area contributed by atoms with Gasteiger partial charge in [-0.05, 0) is 39.3 Å². The summed E-state index contributed by atoms with van der Waals surface area (Å²) in [4.78, 5) is 19.0. The normalized spacial score (nSPS) is 16.1. The van der Waals surface area contributed by atoms with Gasteiger partial charge < -0.3 is 14.2 Å². The highest BCUT2D eigenvalue weighted by Crippen LogP contribution is 2.27. The maximum absolute atomic E-state index is 12.2. The van der Waals surface area contributed by atoms with Crippen LogP contribution in [0.3, 0.4) is 0 Å². The number of aromatic nitrogens is 4. The molecule has 7 nitrogen and oxygen atoms in total. The zero-order valence-electron chi connectivity index (χ0n) is 15.5. The van der Waals surface area contributed by atoms with Crippen molar-refractivity contribution in [1.29, 1.82) is 0 Å². The first-order chi connectivity index (χ1) is 12.2. The first-order valence-electron chi connectivity index (χ1n) is 9.19. The van der Waals surface area contributed by atoms with Gasteiger partial charge in [0.25, 0.3) is 0 Å². The topological polar surface area (TPSA) is 76.0 Å². The number of hydrogen-bond acceptors (Lipinski definition) is 5. The molecule has 1 unspecified atom stereocenters. The van der Waals surface area contributed by atoms with Gasteiger partial charge in [0.05, 0.1) is 36.6 Å². The zero-order chi connectivity index (χ0) is 17.6. The van der Waals surface area contributed by atoms with Crippen LogP contribution in [0.2, 0.25) is 0 Å². The Morgan fingerprint density at radius 2 is 2.04 bits per heavy atom. The van der Waals surface area contributed by atoms with Gasteiger partial charge in [-0.1, -0.05) is 13.3 Å². The second-order valence-corrected chi connectivity index (χ2v) is 6.49. The molecule has 3 rings (SSSR count). The summed E-state index contributed by atoms with van der Waals surface area (Å²) < 4.78 is 7.29. The molecular formula is C18H28ClN5O2. The van der Waals surface area contributed by atoms with Crippen LogP contribution in [-0.2, 0) is 4.74 Å². The van der Waals surface area contributed by atoms with Crippen molar-refractivity contribution in [3.8, 4) is 11.3 Å². The van der Waals surface area contributed by atoms with Crippen LogP contribution in [0.4, 0.5) is 0 Å². The average Bonchev–Trinajstić information content (AvgIpc) is 3.29. The highest BCUT2D eigenvalue weighted by Gasteiger charge is 2.23. The number of aromatic amines is 1. The van der Waals surface area contributed by atoms with Gasteiger partial charge in [-0.15, -0.1) is 12.4 Å². The predicted molar refractivity (Wildman–Crippen MR) is 103 cm³/mol. The summed E-state index contributed by atoms with van der Waals surface area (Å²) in [6, 6.07) is 0.320. The molecule has 1 N–H and O–H groups in total. The Hall–Kier alpha value is -1.86. The third kappa shape index (κ3) is 4.45. The highest BCUT2D eigenvalue weighted by molar-refractivity contribution is 5.94. The van der Waals surface area contributed by atoms with E-state index in [9.17, 15) is 4.79 Å².